The molecule has 0 radical (unpaired) electrons. The zero-order valence-corrected chi connectivity index (χ0v) is 12.6. The van der Waals surface area contributed by atoms with Crippen LogP contribution in [0.2, 0.25) is 0 Å². The van der Waals surface area contributed by atoms with Crippen LogP contribution in [0.3, 0.4) is 0 Å². The Morgan fingerprint density at radius 3 is 2.05 bits per heavy atom. The Morgan fingerprint density at radius 2 is 1.95 bits per heavy atom. The van der Waals surface area contributed by atoms with Crippen molar-refractivity contribution in [2.45, 2.75) is 39.8 Å². The van der Waals surface area contributed by atoms with Gasteiger partial charge in [-0.3, -0.25) is 16.0 Å². The molecule has 0 atom stereocenters. The van der Waals surface area contributed by atoms with Gasteiger partial charge in [-0.15, -0.1) is 0 Å². The molecule has 7 heteroatoms. The number of nitrogen functional groups attached to an aromatic ring is 1. The second kappa shape index (κ2) is 11.5. The molecule has 0 aliphatic rings. The molecule has 1 heterocycles. The van der Waals surface area contributed by atoms with Gasteiger partial charge in [-0.1, -0.05) is 18.2 Å². The van der Waals surface area contributed by atoms with E-state index in [2.05, 4.69) is 31.0 Å². The molecule has 0 aromatic carbocycles. The summed E-state index contributed by atoms with van der Waals surface area (Å²) in [5, 5.41) is 11.7. The number of anilines is 1. The maximum absolute atomic E-state index is 7.66. The number of hydrogen-bond acceptors (Lipinski definition) is 5. The second-order valence-electron chi connectivity index (χ2n) is 4.15. The molecule has 6 nitrogen and oxygen atoms in total. The monoisotopic (exact) mass is 286 g/mol. The highest BCUT2D eigenvalue weighted by Crippen LogP contribution is 2.03. The van der Waals surface area contributed by atoms with Gasteiger partial charge in [0.25, 0.3) is 0 Å². The van der Waals surface area contributed by atoms with E-state index in [0.29, 0.717) is 17.9 Å². The van der Waals surface area contributed by atoms with Crippen LogP contribution in [0.15, 0.2) is 23.9 Å². The van der Waals surface area contributed by atoms with Gasteiger partial charge < -0.3 is 5.73 Å². The van der Waals surface area contributed by atoms with Gasteiger partial charge in [-0.2, -0.15) is 10.4 Å². The van der Waals surface area contributed by atoms with E-state index in [4.69, 9.17) is 28.4 Å². The fourth-order valence-corrected chi connectivity index (χ4v) is 0.640. The fraction of sp³-hybridized carbons (Fsp3) is 0.500. The number of aromatic nitrogens is 2. The molecule has 0 saturated heterocycles. The van der Waals surface area contributed by atoms with Gasteiger partial charge in [0.2, 0.25) is 0 Å². The number of nitrogens with one attached hydrogen (secondary N) is 1. The van der Waals surface area contributed by atoms with Crippen LogP contribution in [0.25, 0.3) is 0 Å². The first-order valence-electron chi connectivity index (χ1n) is 5.75. The average molecular weight is 287 g/mol. The van der Waals surface area contributed by atoms with Crippen molar-refractivity contribution in [3.05, 3.63) is 23.9 Å². The smallest absolute Gasteiger partial charge is 0.145 e. The number of hydrogen-bond donors (Lipinski definition) is 3. The largest absolute Gasteiger partial charge is 0.382 e. The molecule has 0 unspecified atom stereocenters. The molecule has 1 rings (SSSR count). The molecular weight excluding hydrogens is 264 g/mol. The first-order chi connectivity index (χ1) is 8.74. The fourth-order valence-electron chi connectivity index (χ4n) is 0.640. The van der Waals surface area contributed by atoms with E-state index >= 15 is 0 Å². The normalized spacial score (nSPS) is 9.00. The Kier molecular flexibility index (Phi) is 12.0. The van der Waals surface area contributed by atoms with Gasteiger partial charge in [-0.25, -0.2) is 0 Å². The maximum atomic E-state index is 7.66. The molecule has 5 N–H and O–H groups in total. The molecule has 0 bridgehead atoms. The molecule has 108 valence electrons. The summed E-state index contributed by atoms with van der Waals surface area (Å²) in [4.78, 5) is 0. The summed E-state index contributed by atoms with van der Waals surface area (Å²) >= 11 is 4.91. The lowest BCUT2D eigenvalue weighted by Gasteiger charge is -2.02. The van der Waals surface area contributed by atoms with E-state index < -0.39 is 0 Å². The second-order valence-corrected chi connectivity index (χ2v) is 4.61. The third kappa shape index (κ3) is 14.4. The number of rotatable bonds is 2. The Morgan fingerprint density at radius 1 is 1.53 bits per heavy atom. The van der Waals surface area contributed by atoms with E-state index in [0.717, 1.165) is 0 Å². The van der Waals surface area contributed by atoms with Crippen LogP contribution in [0.4, 0.5) is 5.82 Å². The van der Waals surface area contributed by atoms with Gasteiger partial charge >= 0.3 is 0 Å². The summed E-state index contributed by atoms with van der Waals surface area (Å²) in [5.74, 6) is 5.51. The first kappa shape index (κ1) is 19.8. The van der Waals surface area contributed by atoms with Crippen molar-refractivity contribution in [3.63, 3.8) is 0 Å². The number of allylic oxidation sites excluding steroid dienone is 1. The van der Waals surface area contributed by atoms with Gasteiger partial charge in [0.05, 0.1) is 0 Å². The van der Waals surface area contributed by atoms with Crippen molar-refractivity contribution in [2.75, 3.05) is 5.73 Å². The molecule has 0 fully saturated rings. The Balaban J connectivity index is 0. The minimum atomic E-state index is 0.0324. The molecular formula is C12H23ClN6. The third-order valence-electron chi connectivity index (χ3n) is 1.61. The summed E-state index contributed by atoms with van der Waals surface area (Å²) in [6.07, 6.45) is 1.88. The quantitative estimate of drug-likeness (QED) is 0.439. The molecule has 0 saturated carbocycles. The molecule has 0 amide bonds. The average Bonchev–Trinajstić information content (AvgIpc) is 2.77. The lowest BCUT2D eigenvalue weighted by atomic mass is 10.4. The van der Waals surface area contributed by atoms with E-state index in [9.17, 15) is 0 Å². The highest BCUT2D eigenvalue weighted by Gasteiger charge is 1.96. The predicted molar refractivity (Wildman–Crippen MR) is 80.1 cm³/mol. The highest BCUT2D eigenvalue weighted by atomic mass is 35.5. The maximum Gasteiger partial charge on any atom is 0.145 e. The van der Waals surface area contributed by atoms with E-state index in [1.807, 2.05) is 24.7 Å². The van der Waals surface area contributed by atoms with Crippen molar-refractivity contribution in [1.29, 1.82) is 5.26 Å². The van der Waals surface area contributed by atoms with Crippen LogP contribution < -0.4 is 17.0 Å². The van der Waals surface area contributed by atoms with Crippen LogP contribution >= 0.6 is 11.6 Å². The third-order valence-corrected chi connectivity index (χ3v) is 1.70. The minimum Gasteiger partial charge on any atom is -0.382 e. The van der Waals surface area contributed by atoms with Crippen molar-refractivity contribution >= 4 is 17.4 Å². The topological polar surface area (TPSA) is 106 Å². The van der Waals surface area contributed by atoms with Gasteiger partial charge in [0.1, 0.15) is 16.9 Å². The van der Waals surface area contributed by atoms with Crippen molar-refractivity contribution in [2.24, 2.45) is 5.84 Å². The molecule has 0 aliphatic heterocycles. The zero-order valence-electron chi connectivity index (χ0n) is 11.9. The SMILES string of the molecule is C=C(Cl)C#N.CC(C)NN.CC(C)n1ccc(N)n1. The molecule has 1 aromatic rings. The lowest BCUT2D eigenvalue weighted by molar-refractivity contribution is 0.534. The highest BCUT2D eigenvalue weighted by molar-refractivity contribution is 6.31. The number of nitriles is 1. The van der Waals surface area contributed by atoms with Crippen LogP contribution in [0, 0.1) is 11.3 Å². The lowest BCUT2D eigenvalue weighted by Crippen LogP contribution is -2.29. The summed E-state index contributed by atoms with van der Waals surface area (Å²) in [6, 6.07) is 4.21. The number of hydrazine groups is 1. The van der Waals surface area contributed by atoms with E-state index in [1.165, 1.54) is 0 Å². The van der Waals surface area contributed by atoms with Crippen LogP contribution in [0.1, 0.15) is 33.7 Å². The van der Waals surface area contributed by atoms with E-state index in [-0.39, 0.29) is 5.03 Å². The standard InChI is InChI=1S/C6H11N3.C3H2ClN.C3H10N2/c1-5(2)9-4-3-6(7)8-9;1-3(4)2-5;1-3(2)5-4/h3-5H,1-2H3,(H2,7,8);1H2;3,5H,4H2,1-2H3. The van der Waals surface area contributed by atoms with Crippen molar-refractivity contribution < 1.29 is 0 Å². The predicted octanol–water partition coefficient (Wildman–Crippen LogP) is 2.17. The zero-order chi connectivity index (χ0) is 15.4. The van der Waals surface area contributed by atoms with Gasteiger partial charge in [-0.05, 0) is 33.8 Å². The van der Waals surface area contributed by atoms with Crippen molar-refractivity contribution in [1.82, 2.24) is 15.2 Å². The Labute approximate surface area is 120 Å². The van der Waals surface area contributed by atoms with Crippen LogP contribution in [-0.2, 0) is 0 Å². The number of halogens is 1. The Hall–Kier alpha value is -1.55. The molecule has 0 aliphatic carbocycles. The van der Waals surface area contributed by atoms with Gasteiger partial charge in [0, 0.05) is 18.3 Å². The molecule has 19 heavy (non-hydrogen) atoms. The summed E-state index contributed by atoms with van der Waals surface area (Å²) in [5.41, 5.74) is 7.91. The minimum absolute atomic E-state index is 0.0324. The summed E-state index contributed by atoms with van der Waals surface area (Å²) in [7, 11) is 0. The van der Waals surface area contributed by atoms with Crippen LogP contribution in [0.5, 0.6) is 0 Å². The first-order valence-corrected chi connectivity index (χ1v) is 6.13. The molecule has 0 spiro atoms. The number of nitrogens with zero attached hydrogens (tertiary/aromatic N) is 3. The van der Waals surface area contributed by atoms with Crippen molar-refractivity contribution in [3.8, 4) is 6.07 Å². The summed E-state index contributed by atoms with van der Waals surface area (Å²) in [6.45, 7) is 11.2. The van der Waals surface area contributed by atoms with Crippen LogP contribution in [-0.4, -0.2) is 15.8 Å². The van der Waals surface area contributed by atoms with Gasteiger partial charge in [0.15, 0.2) is 0 Å². The molecule has 1 aromatic heterocycles. The Bertz CT molecular complexity index is 391. The summed E-state index contributed by atoms with van der Waals surface area (Å²) < 4.78 is 1.83. The number of nitrogens with two attached hydrogens (primary N) is 2. The van der Waals surface area contributed by atoms with E-state index in [1.54, 1.807) is 12.1 Å².